The first-order chi connectivity index (χ1) is 7.86. The highest BCUT2D eigenvalue weighted by atomic mass is 32.1. The van der Waals surface area contributed by atoms with E-state index in [-0.39, 0.29) is 18.3 Å². The van der Waals surface area contributed by atoms with E-state index < -0.39 is 11.9 Å². The summed E-state index contributed by atoms with van der Waals surface area (Å²) in [6.45, 7) is -0.124. The van der Waals surface area contributed by atoms with Gasteiger partial charge in [-0.05, 0) is 24.4 Å². The number of nitrogens with zero attached hydrogens (tertiary/aromatic N) is 2. The van der Waals surface area contributed by atoms with Crippen molar-refractivity contribution in [3.8, 4) is 0 Å². The number of aliphatic hydroxyl groups is 1. The molecule has 94 valence electrons. The van der Waals surface area contributed by atoms with Gasteiger partial charge < -0.3 is 15.7 Å². The Bertz CT molecular complexity index is 393. The van der Waals surface area contributed by atoms with Crippen molar-refractivity contribution in [3.63, 3.8) is 0 Å². The summed E-state index contributed by atoms with van der Waals surface area (Å²) in [5, 5.41) is 8.73. The molecule has 0 spiro atoms. The number of rotatable bonds is 3. The van der Waals surface area contributed by atoms with Gasteiger partial charge in [-0.1, -0.05) is 0 Å². The number of pyridine rings is 1. The molecule has 0 radical (unpaired) electrons. The maximum atomic E-state index is 12.3. The van der Waals surface area contributed by atoms with Gasteiger partial charge in [-0.25, -0.2) is 4.98 Å². The zero-order valence-electron chi connectivity index (χ0n) is 8.61. The number of aromatic nitrogens is 1. The van der Waals surface area contributed by atoms with Crippen molar-refractivity contribution in [2.75, 3.05) is 18.1 Å². The highest BCUT2D eigenvalue weighted by Gasteiger charge is 2.32. The molecule has 8 heteroatoms. The van der Waals surface area contributed by atoms with Gasteiger partial charge in [0.15, 0.2) is 5.11 Å². The summed E-state index contributed by atoms with van der Waals surface area (Å²) in [6.07, 6.45) is -3.47. The van der Waals surface area contributed by atoms with Gasteiger partial charge in [-0.15, -0.1) is 0 Å². The quantitative estimate of drug-likeness (QED) is 0.803. The van der Waals surface area contributed by atoms with Crippen molar-refractivity contribution in [2.24, 2.45) is 5.73 Å². The van der Waals surface area contributed by atoms with Crippen LogP contribution in [0.25, 0.3) is 0 Å². The van der Waals surface area contributed by atoms with E-state index in [1.165, 1.54) is 11.0 Å². The Labute approximate surface area is 101 Å². The van der Waals surface area contributed by atoms with E-state index in [2.05, 4.69) is 4.98 Å². The third kappa shape index (κ3) is 3.53. The van der Waals surface area contributed by atoms with E-state index in [0.717, 1.165) is 12.3 Å². The average Bonchev–Trinajstić information content (AvgIpc) is 2.24. The van der Waals surface area contributed by atoms with Crippen LogP contribution in [0, 0.1) is 0 Å². The zero-order chi connectivity index (χ0) is 13.1. The lowest BCUT2D eigenvalue weighted by atomic mass is 10.3. The fourth-order valence-corrected chi connectivity index (χ4v) is 1.38. The first kappa shape index (κ1) is 13.7. The van der Waals surface area contributed by atoms with Crippen LogP contribution >= 0.6 is 12.2 Å². The van der Waals surface area contributed by atoms with E-state index in [1.54, 1.807) is 0 Å². The summed E-state index contributed by atoms with van der Waals surface area (Å²) in [7, 11) is 0. The second-order valence-electron chi connectivity index (χ2n) is 3.11. The van der Waals surface area contributed by atoms with E-state index in [0.29, 0.717) is 5.69 Å². The number of hydrogen-bond donors (Lipinski definition) is 2. The van der Waals surface area contributed by atoms with Gasteiger partial charge in [-0.2, -0.15) is 13.2 Å². The van der Waals surface area contributed by atoms with Crippen molar-refractivity contribution in [3.05, 3.63) is 24.0 Å². The Kier molecular flexibility index (Phi) is 4.24. The molecule has 1 rings (SSSR count). The molecule has 0 aromatic carbocycles. The molecule has 0 aliphatic heterocycles. The number of hydrogen-bond acceptors (Lipinski definition) is 3. The fourth-order valence-electron chi connectivity index (χ4n) is 1.18. The van der Waals surface area contributed by atoms with Crippen LogP contribution in [0.1, 0.15) is 5.69 Å². The third-order valence-electron chi connectivity index (χ3n) is 1.94. The van der Waals surface area contributed by atoms with Crippen LogP contribution in [0.2, 0.25) is 0 Å². The van der Waals surface area contributed by atoms with E-state index in [1.807, 2.05) is 0 Å². The van der Waals surface area contributed by atoms with Gasteiger partial charge in [0.25, 0.3) is 0 Å². The number of halogens is 3. The second kappa shape index (κ2) is 5.28. The lowest BCUT2D eigenvalue weighted by Gasteiger charge is -2.21. The van der Waals surface area contributed by atoms with Gasteiger partial charge in [0, 0.05) is 6.54 Å². The maximum absolute atomic E-state index is 12.3. The summed E-state index contributed by atoms with van der Waals surface area (Å²) < 4.78 is 36.8. The second-order valence-corrected chi connectivity index (χ2v) is 3.53. The average molecular weight is 265 g/mol. The fraction of sp³-hybridized carbons (Fsp3) is 0.333. The molecular weight excluding hydrogens is 255 g/mol. The Morgan fingerprint density at radius 2 is 2.12 bits per heavy atom. The Morgan fingerprint density at radius 1 is 1.47 bits per heavy atom. The van der Waals surface area contributed by atoms with Gasteiger partial charge in [0.2, 0.25) is 0 Å². The minimum atomic E-state index is -4.48. The summed E-state index contributed by atoms with van der Waals surface area (Å²) in [5.74, 6) is 0. The summed E-state index contributed by atoms with van der Waals surface area (Å²) in [4.78, 5) is 4.57. The van der Waals surface area contributed by atoms with Gasteiger partial charge in [-0.3, -0.25) is 0 Å². The standard InChI is InChI=1S/C9H10F3N3OS/c10-9(11,12)7-2-1-6(5-14-7)15(3-4-16)8(13)17/h1-2,5,16H,3-4H2,(H2,13,17). The first-order valence-corrected chi connectivity index (χ1v) is 4.98. The van der Waals surface area contributed by atoms with E-state index in [4.69, 9.17) is 23.1 Å². The molecule has 0 fully saturated rings. The van der Waals surface area contributed by atoms with Crippen LogP contribution in [-0.4, -0.2) is 28.4 Å². The largest absolute Gasteiger partial charge is 0.433 e. The first-order valence-electron chi connectivity index (χ1n) is 4.57. The van der Waals surface area contributed by atoms with Crippen LogP contribution < -0.4 is 10.6 Å². The number of thiocarbonyl (C=S) groups is 1. The molecule has 0 amide bonds. The lowest BCUT2D eigenvalue weighted by molar-refractivity contribution is -0.141. The molecule has 1 aromatic rings. The normalized spacial score (nSPS) is 11.3. The molecule has 17 heavy (non-hydrogen) atoms. The van der Waals surface area contributed by atoms with Crippen molar-refractivity contribution >= 4 is 23.0 Å². The summed E-state index contributed by atoms with van der Waals surface area (Å²) in [6, 6.07) is 2.03. The minimum absolute atomic E-state index is 0.0411. The SMILES string of the molecule is NC(=S)N(CCO)c1ccc(C(F)(F)F)nc1. The summed E-state index contributed by atoms with van der Waals surface area (Å²) >= 11 is 4.71. The lowest BCUT2D eigenvalue weighted by Crippen LogP contribution is -2.37. The minimum Gasteiger partial charge on any atom is -0.395 e. The monoisotopic (exact) mass is 265 g/mol. The molecule has 0 saturated carbocycles. The van der Waals surface area contributed by atoms with Gasteiger partial charge >= 0.3 is 6.18 Å². The number of anilines is 1. The molecule has 1 aromatic heterocycles. The topological polar surface area (TPSA) is 62.4 Å². The van der Waals surface area contributed by atoms with Crippen LogP contribution in [0.3, 0.4) is 0 Å². The van der Waals surface area contributed by atoms with Gasteiger partial charge in [0.05, 0.1) is 18.5 Å². The van der Waals surface area contributed by atoms with Crippen molar-refractivity contribution < 1.29 is 18.3 Å². The van der Waals surface area contributed by atoms with Gasteiger partial charge in [0.1, 0.15) is 5.69 Å². The van der Waals surface area contributed by atoms with Crippen molar-refractivity contribution in [2.45, 2.75) is 6.18 Å². The van der Waals surface area contributed by atoms with E-state index >= 15 is 0 Å². The van der Waals surface area contributed by atoms with Crippen molar-refractivity contribution in [1.29, 1.82) is 0 Å². The van der Waals surface area contributed by atoms with Crippen LogP contribution in [0.4, 0.5) is 18.9 Å². The molecule has 0 atom stereocenters. The highest BCUT2D eigenvalue weighted by molar-refractivity contribution is 7.80. The van der Waals surface area contributed by atoms with Crippen LogP contribution in [0.5, 0.6) is 0 Å². The molecule has 0 saturated heterocycles. The predicted octanol–water partition coefficient (Wildman–Crippen LogP) is 1.14. The molecule has 1 heterocycles. The molecular formula is C9H10F3N3OS. The number of nitrogens with two attached hydrogens (primary N) is 1. The maximum Gasteiger partial charge on any atom is 0.433 e. The van der Waals surface area contributed by atoms with Crippen LogP contribution in [0.15, 0.2) is 18.3 Å². The molecule has 0 bridgehead atoms. The Hall–Kier alpha value is -1.41. The molecule has 4 nitrogen and oxygen atoms in total. The number of aliphatic hydroxyl groups excluding tert-OH is 1. The number of alkyl halides is 3. The molecule has 3 N–H and O–H groups in total. The van der Waals surface area contributed by atoms with Crippen molar-refractivity contribution in [1.82, 2.24) is 4.98 Å². The molecule has 0 aliphatic carbocycles. The zero-order valence-corrected chi connectivity index (χ0v) is 9.42. The molecule has 0 unspecified atom stereocenters. The smallest absolute Gasteiger partial charge is 0.395 e. The molecule has 0 aliphatic rings. The predicted molar refractivity (Wildman–Crippen MR) is 60.5 cm³/mol. The summed E-state index contributed by atoms with van der Waals surface area (Å²) in [5.41, 5.74) is 4.69. The highest BCUT2D eigenvalue weighted by Crippen LogP contribution is 2.28. The Morgan fingerprint density at radius 3 is 2.47 bits per heavy atom. The Balaban J connectivity index is 2.96. The third-order valence-corrected chi connectivity index (χ3v) is 2.16. The van der Waals surface area contributed by atoms with E-state index in [9.17, 15) is 13.2 Å². The van der Waals surface area contributed by atoms with Crippen LogP contribution in [-0.2, 0) is 6.18 Å².